The number of carbonyl (C=O) groups excluding carboxylic acids is 1. The maximum absolute atomic E-state index is 11.9. The lowest BCUT2D eigenvalue weighted by atomic mass is 10.1. The van der Waals surface area contributed by atoms with Gasteiger partial charge in [0.25, 0.3) is 0 Å². The van der Waals surface area contributed by atoms with Crippen LogP contribution in [-0.2, 0) is 19.9 Å². The van der Waals surface area contributed by atoms with E-state index in [1.807, 2.05) is 6.92 Å². The van der Waals surface area contributed by atoms with Crippen LogP contribution in [0.3, 0.4) is 0 Å². The number of hydrogen-bond acceptors (Lipinski definition) is 4. The Balaban J connectivity index is 2.25. The van der Waals surface area contributed by atoms with E-state index in [4.69, 9.17) is 11.6 Å². The van der Waals surface area contributed by atoms with Crippen molar-refractivity contribution < 1.29 is 4.79 Å². The van der Waals surface area contributed by atoms with E-state index in [9.17, 15) is 4.79 Å². The highest BCUT2D eigenvalue weighted by atomic mass is 35.5. The summed E-state index contributed by atoms with van der Waals surface area (Å²) in [4.78, 5) is 15.9. The van der Waals surface area contributed by atoms with Crippen LogP contribution in [0.4, 0.5) is 0 Å². The van der Waals surface area contributed by atoms with E-state index in [0.29, 0.717) is 10.7 Å². The van der Waals surface area contributed by atoms with E-state index in [1.54, 1.807) is 22.6 Å². The molecule has 17 heavy (non-hydrogen) atoms. The van der Waals surface area contributed by atoms with Crippen LogP contribution in [-0.4, -0.2) is 20.5 Å². The Morgan fingerprint density at radius 3 is 2.88 bits per heavy atom. The average molecular weight is 270 g/mol. The number of carbonyl (C=O) groups is 1. The van der Waals surface area contributed by atoms with E-state index in [0.717, 1.165) is 17.8 Å². The van der Waals surface area contributed by atoms with Gasteiger partial charge in [-0.05, 0) is 6.42 Å². The minimum atomic E-state index is -0.0289. The molecule has 6 heteroatoms. The molecule has 2 aromatic heterocycles. The molecule has 2 heterocycles. The van der Waals surface area contributed by atoms with Gasteiger partial charge in [-0.15, -0.1) is 11.3 Å². The summed E-state index contributed by atoms with van der Waals surface area (Å²) in [5.74, 6) is -0.0289. The first-order chi connectivity index (χ1) is 8.13. The predicted octanol–water partition coefficient (Wildman–Crippen LogP) is 2.52. The Labute approximate surface area is 108 Å². The highest BCUT2D eigenvalue weighted by Gasteiger charge is 2.17. The maximum Gasteiger partial charge on any atom is 0.188 e. The summed E-state index contributed by atoms with van der Waals surface area (Å²) in [6.45, 7) is 1.99. The van der Waals surface area contributed by atoms with E-state index in [1.165, 1.54) is 11.3 Å². The molecule has 0 amide bonds. The fraction of sp³-hybridized carbons (Fsp3) is 0.364. The largest absolute Gasteiger partial charge is 0.292 e. The third-order valence-corrected chi connectivity index (χ3v) is 3.57. The van der Waals surface area contributed by atoms with Gasteiger partial charge in [-0.1, -0.05) is 18.5 Å². The first-order valence-electron chi connectivity index (χ1n) is 5.25. The van der Waals surface area contributed by atoms with Crippen LogP contribution in [0.2, 0.25) is 5.02 Å². The first-order valence-corrected chi connectivity index (χ1v) is 6.57. The van der Waals surface area contributed by atoms with E-state index < -0.39 is 0 Å². The number of halogens is 1. The number of hydrogen-bond donors (Lipinski definition) is 0. The molecule has 0 saturated carbocycles. The van der Waals surface area contributed by atoms with Crippen molar-refractivity contribution in [2.45, 2.75) is 19.8 Å². The zero-order valence-corrected chi connectivity index (χ0v) is 11.2. The van der Waals surface area contributed by atoms with Crippen molar-refractivity contribution in [1.29, 1.82) is 0 Å². The van der Waals surface area contributed by atoms with Gasteiger partial charge in [0.05, 0.1) is 28.3 Å². The molecular weight excluding hydrogens is 258 g/mol. The fourth-order valence-electron chi connectivity index (χ4n) is 1.60. The summed E-state index contributed by atoms with van der Waals surface area (Å²) < 4.78 is 1.67. The topological polar surface area (TPSA) is 47.8 Å². The Bertz CT molecular complexity index is 533. The van der Waals surface area contributed by atoms with Crippen LogP contribution >= 0.6 is 22.9 Å². The summed E-state index contributed by atoms with van der Waals surface area (Å²) in [6.07, 6.45) is 1.00. The van der Waals surface area contributed by atoms with Gasteiger partial charge in [-0.2, -0.15) is 5.10 Å². The molecule has 0 aromatic carbocycles. The Hall–Kier alpha value is -1.20. The second-order valence-corrected chi connectivity index (χ2v) is 4.75. The van der Waals surface area contributed by atoms with Gasteiger partial charge in [-0.3, -0.25) is 9.48 Å². The Morgan fingerprint density at radius 1 is 1.59 bits per heavy atom. The van der Waals surface area contributed by atoms with Gasteiger partial charge in [0.1, 0.15) is 5.69 Å². The van der Waals surface area contributed by atoms with Crippen LogP contribution < -0.4 is 0 Å². The zero-order valence-electron chi connectivity index (χ0n) is 9.61. The van der Waals surface area contributed by atoms with Crippen molar-refractivity contribution in [3.8, 4) is 0 Å². The van der Waals surface area contributed by atoms with Gasteiger partial charge in [0, 0.05) is 12.4 Å². The van der Waals surface area contributed by atoms with Crippen molar-refractivity contribution in [2.75, 3.05) is 0 Å². The van der Waals surface area contributed by atoms with E-state index in [-0.39, 0.29) is 12.2 Å². The highest BCUT2D eigenvalue weighted by molar-refractivity contribution is 7.07. The summed E-state index contributed by atoms with van der Waals surface area (Å²) >= 11 is 7.59. The normalized spacial score (nSPS) is 10.8. The Kier molecular flexibility index (Phi) is 3.59. The predicted molar refractivity (Wildman–Crippen MR) is 67.7 cm³/mol. The van der Waals surface area contributed by atoms with Crippen LogP contribution in [0.25, 0.3) is 0 Å². The van der Waals surface area contributed by atoms with Crippen molar-refractivity contribution in [3.63, 3.8) is 0 Å². The summed E-state index contributed by atoms with van der Waals surface area (Å²) in [5, 5.41) is 6.62. The Morgan fingerprint density at radius 2 is 2.35 bits per heavy atom. The molecule has 0 saturated heterocycles. The molecule has 0 fully saturated rings. The molecule has 0 aliphatic carbocycles. The minimum absolute atomic E-state index is 0.0289. The molecule has 90 valence electrons. The number of rotatable bonds is 4. The number of aromatic nitrogens is 3. The standard InChI is InChI=1S/C11H12ClN3OS/c1-3-7-11(12)9(15(2)14-7)4-10(16)8-5-17-6-13-8/h5-6H,3-4H2,1-2H3. The molecule has 4 nitrogen and oxygen atoms in total. The van der Waals surface area contributed by atoms with Crippen molar-refractivity contribution in [1.82, 2.24) is 14.8 Å². The van der Waals surface area contributed by atoms with Gasteiger partial charge in [-0.25, -0.2) is 4.98 Å². The molecule has 0 atom stereocenters. The smallest absolute Gasteiger partial charge is 0.188 e. The lowest BCUT2D eigenvalue weighted by Crippen LogP contribution is -2.08. The number of thiazole rings is 1. The summed E-state index contributed by atoms with van der Waals surface area (Å²) in [7, 11) is 1.80. The van der Waals surface area contributed by atoms with Crippen molar-refractivity contribution in [3.05, 3.63) is 33.0 Å². The van der Waals surface area contributed by atoms with Crippen LogP contribution in [0.1, 0.15) is 28.8 Å². The van der Waals surface area contributed by atoms with Gasteiger partial charge in [0.15, 0.2) is 5.78 Å². The highest BCUT2D eigenvalue weighted by Crippen LogP contribution is 2.22. The second-order valence-electron chi connectivity index (χ2n) is 3.66. The molecule has 0 unspecified atom stereocenters. The molecule has 2 aromatic rings. The van der Waals surface area contributed by atoms with Gasteiger partial charge >= 0.3 is 0 Å². The second kappa shape index (κ2) is 4.98. The first kappa shape index (κ1) is 12.3. The van der Waals surface area contributed by atoms with Crippen LogP contribution in [0, 0.1) is 0 Å². The summed E-state index contributed by atoms with van der Waals surface area (Å²) in [6, 6.07) is 0. The lowest BCUT2D eigenvalue weighted by Gasteiger charge is -2.00. The fourth-order valence-corrected chi connectivity index (χ4v) is 2.52. The summed E-state index contributed by atoms with van der Waals surface area (Å²) in [5.41, 5.74) is 3.72. The lowest BCUT2D eigenvalue weighted by molar-refractivity contribution is 0.0986. The van der Waals surface area contributed by atoms with E-state index >= 15 is 0 Å². The molecule has 2 rings (SSSR count). The number of aryl methyl sites for hydroxylation is 2. The van der Waals surface area contributed by atoms with Crippen LogP contribution in [0.15, 0.2) is 10.9 Å². The third kappa shape index (κ3) is 2.40. The minimum Gasteiger partial charge on any atom is -0.292 e. The molecule has 0 spiro atoms. The molecule has 0 aliphatic heterocycles. The third-order valence-electron chi connectivity index (χ3n) is 2.55. The number of Topliss-reactive ketones (excluding diaryl/α,β-unsaturated/α-hetero) is 1. The molecule has 0 bridgehead atoms. The number of nitrogens with zero attached hydrogens (tertiary/aromatic N) is 3. The monoisotopic (exact) mass is 269 g/mol. The van der Waals surface area contributed by atoms with Crippen LogP contribution in [0.5, 0.6) is 0 Å². The van der Waals surface area contributed by atoms with E-state index in [2.05, 4.69) is 10.1 Å². The van der Waals surface area contributed by atoms with Crippen molar-refractivity contribution >= 4 is 28.7 Å². The quantitative estimate of drug-likeness (QED) is 0.802. The number of ketones is 1. The zero-order chi connectivity index (χ0) is 12.4. The van der Waals surface area contributed by atoms with Gasteiger partial charge in [0.2, 0.25) is 0 Å². The SMILES string of the molecule is CCc1nn(C)c(CC(=O)c2cscn2)c1Cl. The molecule has 0 N–H and O–H groups in total. The maximum atomic E-state index is 11.9. The van der Waals surface area contributed by atoms with Gasteiger partial charge < -0.3 is 0 Å². The molecule has 0 aliphatic rings. The molecule has 0 radical (unpaired) electrons. The average Bonchev–Trinajstić information content (AvgIpc) is 2.92. The molecular formula is C11H12ClN3OS. The van der Waals surface area contributed by atoms with Crippen molar-refractivity contribution in [2.24, 2.45) is 7.05 Å².